The highest BCUT2D eigenvalue weighted by Gasteiger charge is 2.09. The highest BCUT2D eigenvalue weighted by molar-refractivity contribution is 5.71. The number of hydrogen-bond donors (Lipinski definition) is 1. The topological polar surface area (TPSA) is 38.3 Å². The molecular formula is C11H21NO2. The Kier molecular flexibility index (Phi) is 6.89. The Morgan fingerprint density at radius 1 is 1.36 bits per heavy atom. The van der Waals surface area contributed by atoms with Crippen molar-refractivity contribution in [2.24, 2.45) is 0 Å². The number of carbonyl (C=O) groups is 1. The molecule has 0 amide bonds. The lowest BCUT2D eigenvalue weighted by molar-refractivity contribution is -0.109. The number of nitrogens with one attached hydrogen (secondary N) is 1. The van der Waals surface area contributed by atoms with E-state index in [2.05, 4.69) is 19.2 Å². The minimum absolute atomic E-state index is 0.142. The number of ether oxygens (including phenoxy) is 1. The van der Waals surface area contributed by atoms with Crippen molar-refractivity contribution in [2.75, 3.05) is 6.54 Å². The minimum Gasteiger partial charge on any atom is -0.485 e. The molecule has 0 aromatic rings. The summed E-state index contributed by atoms with van der Waals surface area (Å²) in [5.74, 6) is 0.431. The molecule has 0 atom stereocenters. The Balaban J connectivity index is 4.39. The molecular weight excluding hydrogens is 178 g/mol. The number of hydrogen-bond acceptors (Lipinski definition) is 3. The Bertz CT molecular complexity index is 195. The second kappa shape index (κ2) is 7.42. The lowest BCUT2D eigenvalue weighted by Crippen LogP contribution is -2.18. The van der Waals surface area contributed by atoms with Crippen molar-refractivity contribution < 1.29 is 9.53 Å². The van der Waals surface area contributed by atoms with Crippen LogP contribution < -0.4 is 5.32 Å². The van der Waals surface area contributed by atoms with Gasteiger partial charge in [-0.1, -0.05) is 13.8 Å². The van der Waals surface area contributed by atoms with Gasteiger partial charge in [-0.25, -0.2) is 0 Å². The van der Waals surface area contributed by atoms with Crippen LogP contribution in [-0.2, 0) is 9.53 Å². The molecule has 0 aliphatic carbocycles. The molecule has 3 heteroatoms. The first-order valence-electron chi connectivity index (χ1n) is 5.26. The van der Waals surface area contributed by atoms with E-state index in [-0.39, 0.29) is 6.10 Å². The van der Waals surface area contributed by atoms with Gasteiger partial charge in [0.05, 0.1) is 11.8 Å². The van der Waals surface area contributed by atoms with E-state index in [1.165, 1.54) is 0 Å². The van der Waals surface area contributed by atoms with Crippen LogP contribution in [0.1, 0.15) is 40.5 Å². The molecule has 0 fully saturated rings. The zero-order valence-corrected chi connectivity index (χ0v) is 9.59. The summed E-state index contributed by atoms with van der Waals surface area (Å²) in [4.78, 5) is 10.8. The van der Waals surface area contributed by atoms with Gasteiger partial charge in [0.15, 0.2) is 12.0 Å². The third kappa shape index (κ3) is 4.30. The van der Waals surface area contributed by atoms with Crippen molar-refractivity contribution >= 4 is 6.29 Å². The first-order valence-corrected chi connectivity index (χ1v) is 5.26. The summed E-state index contributed by atoms with van der Waals surface area (Å²) in [6.07, 6.45) is 2.76. The number of aldehydes is 1. The second-order valence-electron chi connectivity index (χ2n) is 3.19. The van der Waals surface area contributed by atoms with Gasteiger partial charge < -0.3 is 10.1 Å². The van der Waals surface area contributed by atoms with Crippen LogP contribution in [0, 0.1) is 0 Å². The van der Waals surface area contributed by atoms with Crippen LogP contribution in [0.5, 0.6) is 0 Å². The first-order chi connectivity index (χ1) is 6.69. The monoisotopic (exact) mass is 199 g/mol. The van der Waals surface area contributed by atoms with Crippen molar-refractivity contribution in [3.05, 3.63) is 11.5 Å². The minimum atomic E-state index is 0.142. The molecule has 0 aromatic heterocycles. The van der Waals surface area contributed by atoms with Gasteiger partial charge in [0, 0.05) is 6.54 Å². The highest BCUT2D eigenvalue weighted by atomic mass is 16.5. The molecule has 0 spiro atoms. The van der Waals surface area contributed by atoms with Crippen LogP contribution in [0.15, 0.2) is 11.5 Å². The number of allylic oxidation sites excluding steroid dienone is 2. The summed E-state index contributed by atoms with van der Waals surface area (Å²) >= 11 is 0. The molecule has 3 nitrogen and oxygen atoms in total. The van der Waals surface area contributed by atoms with Crippen LogP contribution in [0.25, 0.3) is 0 Å². The summed E-state index contributed by atoms with van der Waals surface area (Å²) in [6, 6.07) is 0. The van der Waals surface area contributed by atoms with E-state index in [9.17, 15) is 4.79 Å². The van der Waals surface area contributed by atoms with Crippen molar-refractivity contribution in [1.29, 1.82) is 0 Å². The van der Waals surface area contributed by atoms with E-state index < -0.39 is 0 Å². The van der Waals surface area contributed by atoms with Crippen LogP contribution in [0.4, 0.5) is 0 Å². The van der Waals surface area contributed by atoms with Gasteiger partial charge in [-0.05, 0) is 26.7 Å². The molecule has 0 heterocycles. The SMILES string of the molecule is CCN/C(C)=C(/C=O)OC(CC)CC. The molecule has 0 aliphatic rings. The summed E-state index contributed by atoms with van der Waals surface area (Å²) in [5.41, 5.74) is 0.814. The molecule has 1 N–H and O–H groups in total. The van der Waals surface area contributed by atoms with Crippen molar-refractivity contribution in [1.82, 2.24) is 5.32 Å². The molecule has 0 unspecified atom stereocenters. The van der Waals surface area contributed by atoms with E-state index in [1.54, 1.807) is 0 Å². The Morgan fingerprint density at radius 3 is 2.29 bits per heavy atom. The standard InChI is InChI=1S/C11H21NO2/c1-5-10(6-2)14-11(8-13)9(4)12-7-3/h8,10,12H,5-7H2,1-4H3/b11-9-. The summed E-state index contributed by atoms with van der Waals surface area (Å²) in [5, 5.41) is 3.07. The predicted molar refractivity (Wildman–Crippen MR) is 57.9 cm³/mol. The average Bonchev–Trinajstić information content (AvgIpc) is 2.20. The molecule has 0 bridgehead atoms. The Morgan fingerprint density at radius 2 is 1.93 bits per heavy atom. The quantitative estimate of drug-likeness (QED) is 0.388. The molecule has 14 heavy (non-hydrogen) atoms. The van der Waals surface area contributed by atoms with Crippen LogP contribution >= 0.6 is 0 Å². The molecule has 0 saturated carbocycles. The summed E-state index contributed by atoms with van der Waals surface area (Å²) < 4.78 is 5.56. The zero-order chi connectivity index (χ0) is 11.0. The van der Waals surface area contributed by atoms with Gasteiger partial charge in [-0.2, -0.15) is 0 Å². The molecule has 0 rings (SSSR count). The molecule has 82 valence electrons. The van der Waals surface area contributed by atoms with E-state index in [0.29, 0.717) is 5.76 Å². The lowest BCUT2D eigenvalue weighted by atomic mass is 10.2. The predicted octanol–water partition coefficient (Wildman–Crippen LogP) is 2.23. The van der Waals surface area contributed by atoms with Crippen molar-refractivity contribution in [3.63, 3.8) is 0 Å². The fourth-order valence-corrected chi connectivity index (χ4v) is 1.19. The van der Waals surface area contributed by atoms with Gasteiger partial charge in [-0.3, -0.25) is 4.79 Å². The van der Waals surface area contributed by atoms with Gasteiger partial charge in [0.25, 0.3) is 0 Å². The zero-order valence-electron chi connectivity index (χ0n) is 9.59. The smallest absolute Gasteiger partial charge is 0.186 e. The van der Waals surface area contributed by atoms with Gasteiger partial charge in [0.1, 0.15) is 0 Å². The lowest BCUT2D eigenvalue weighted by Gasteiger charge is -2.17. The van der Waals surface area contributed by atoms with E-state index in [0.717, 1.165) is 31.4 Å². The normalized spacial score (nSPS) is 12.4. The molecule has 0 saturated heterocycles. The van der Waals surface area contributed by atoms with Gasteiger partial charge >= 0.3 is 0 Å². The fraction of sp³-hybridized carbons (Fsp3) is 0.727. The maximum Gasteiger partial charge on any atom is 0.186 e. The largest absolute Gasteiger partial charge is 0.485 e. The van der Waals surface area contributed by atoms with Gasteiger partial charge in [0.2, 0.25) is 0 Å². The van der Waals surface area contributed by atoms with E-state index in [1.807, 2.05) is 13.8 Å². The van der Waals surface area contributed by atoms with Gasteiger partial charge in [-0.15, -0.1) is 0 Å². The first kappa shape index (κ1) is 13.0. The number of rotatable bonds is 7. The third-order valence-electron chi connectivity index (χ3n) is 2.12. The highest BCUT2D eigenvalue weighted by Crippen LogP contribution is 2.10. The summed E-state index contributed by atoms with van der Waals surface area (Å²) in [6.45, 7) is 8.76. The maximum atomic E-state index is 10.8. The van der Waals surface area contributed by atoms with Crippen molar-refractivity contribution in [2.45, 2.75) is 46.6 Å². The average molecular weight is 199 g/mol. The summed E-state index contributed by atoms with van der Waals surface area (Å²) in [7, 11) is 0. The maximum absolute atomic E-state index is 10.8. The van der Waals surface area contributed by atoms with E-state index >= 15 is 0 Å². The Labute approximate surface area is 86.5 Å². The van der Waals surface area contributed by atoms with Crippen LogP contribution in [0.3, 0.4) is 0 Å². The van der Waals surface area contributed by atoms with E-state index in [4.69, 9.17) is 4.74 Å². The van der Waals surface area contributed by atoms with Crippen molar-refractivity contribution in [3.8, 4) is 0 Å². The molecule has 0 aliphatic heterocycles. The van der Waals surface area contributed by atoms with Crippen LogP contribution in [-0.4, -0.2) is 18.9 Å². The Hall–Kier alpha value is -0.990. The molecule has 0 radical (unpaired) electrons. The molecule has 0 aromatic carbocycles. The fourth-order valence-electron chi connectivity index (χ4n) is 1.19. The second-order valence-corrected chi connectivity index (χ2v) is 3.19. The number of carbonyl (C=O) groups excluding carboxylic acids is 1. The van der Waals surface area contributed by atoms with Crippen LogP contribution in [0.2, 0.25) is 0 Å². The third-order valence-corrected chi connectivity index (χ3v) is 2.12.